The molecule has 4 nitrogen and oxygen atoms in total. The predicted molar refractivity (Wildman–Crippen MR) is 72.5 cm³/mol. The molecule has 0 bridgehead atoms. The van der Waals surface area contributed by atoms with E-state index < -0.39 is 0 Å². The van der Waals surface area contributed by atoms with Crippen LogP contribution in [-0.4, -0.2) is 25.0 Å². The van der Waals surface area contributed by atoms with Crippen LogP contribution in [0.25, 0.3) is 0 Å². The van der Waals surface area contributed by atoms with Crippen molar-refractivity contribution in [2.75, 3.05) is 14.2 Å². The minimum absolute atomic E-state index is 0.115. The van der Waals surface area contributed by atoms with Crippen LogP contribution in [0.5, 0.6) is 5.75 Å². The Hall–Kier alpha value is -1.94. The van der Waals surface area contributed by atoms with E-state index in [2.05, 4.69) is 0 Å². The van der Waals surface area contributed by atoms with Crippen molar-refractivity contribution in [1.82, 2.24) is 4.90 Å². The molecule has 0 N–H and O–H groups in total. The van der Waals surface area contributed by atoms with E-state index in [1.165, 1.54) is 12.5 Å². The summed E-state index contributed by atoms with van der Waals surface area (Å²) in [7, 11) is 3.31. The molecule has 2 aromatic rings. The monoisotopic (exact) mass is 279 g/mol. The summed E-state index contributed by atoms with van der Waals surface area (Å²) in [5.41, 5.74) is 1.37. The molecule has 0 unspecified atom stereocenters. The van der Waals surface area contributed by atoms with Crippen LogP contribution in [0, 0.1) is 0 Å². The van der Waals surface area contributed by atoms with Gasteiger partial charge in [-0.1, -0.05) is 11.6 Å². The number of hydrogen-bond acceptors (Lipinski definition) is 3. The minimum atomic E-state index is -0.115. The molecule has 19 heavy (non-hydrogen) atoms. The van der Waals surface area contributed by atoms with Gasteiger partial charge >= 0.3 is 0 Å². The van der Waals surface area contributed by atoms with Crippen LogP contribution in [0.15, 0.2) is 41.2 Å². The summed E-state index contributed by atoms with van der Waals surface area (Å²) >= 11 is 5.96. The van der Waals surface area contributed by atoms with Gasteiger partial charge in [0, 0.05) is 24.2 Å². The van der Waals surface area contributed by atoms with Crippen molar-refractivity contribution in [3.63, 3.8) is 0 Å². The Morgan fingerprint density at radius 1 is 1.42 bits per heavy atom. The molecule has 0 aliphatic carbocycles. The number of nitrogens with zero attached hydrogens (tertiary/aromatic N) is 1. The Bertz CT molecular complexity index is 566. The van der Waals surface area contributed by atoms with Gasteiger partial charge in [-0.25, -0.2) is 0 Å². The SMILES string of the molecule is COc1ccc(Cl)cc1CN(C)C(=O)c1ccoc1. The first kappa shape index (κ1) is 13.5. The molecule has 0 aliphatic rings. The van der Waals surface area contributed by atoms with Gasteiger partial charge in [-0.3, -0.25) is 4.79 Å². The van der Waals surface area contributed by atoms with Gasteiger partial charge in [-0.05, 0) is 24.3 Å². The van der Waals surface area contributed by atoms with Crippen LogP contribution in [0.1, 0.15) is 15.9 Å². The van der Waals surface area contributed by atoms with Gasteiger partial charge in [0.1, 0.15) is 12.0 Å². The molecule has 2 rings (SSSR count). The van der Waals surface area contributed by atoms with Gasteiger partial charge in [0.2, 0.25) is 0 Å². The van der Waals surface area contributed by atoms with Gasteiger partial charge < -0.3 is 14.1 Å². The number of hydrogen-bond donors (Lipinski definition) is 0. The summed E-state index contributed by atoms with van der Waals surface area (Å²) in [4.78, 5) is 13.7. The number of carbonyl (C=O) groups excluding carboxylic acids is 1. The number of carbonyl (C=O) groups is 1. The number of methoxy groups -OCH3 is 1. The Labute approximate surface area is 116 Å². The quantitative estimate of drug-likeness (QED) is 0.863. The molecule has 1 aromatic heterocycles. The maximum Gasteiger partial charge on any atom is 0.257 e. The number of halogens is 1. The molecule has 0 radical (unpaired) electrons. The van der Waals surface area contributed by atoms with E-state index >= 15 is 0 Å². The molecule has 0 saturated carbocycles. The fourth-order valence-corrected chi connectivity index (χ4v) is 2.00. The molecule has 1 amide bonds. The lowest BCUT2D eigenvalue weighted by Gasteiger charge is -2.18. The van der Waals surface area contributed by atoms with Crippen LogP contribution in [0.4, 0.5) is 0 Å². The molecule has 0 aliphatic heterocycles. The minimum Gasteiger partial charge on any atom is -0.496 e. The molecule has 1 heterocycles. The van der Waals surface area contributed by atoms with Crippen LogP contribution in [-0.2, 0) is 6.54 Å². The summed E-state index contributed by atoms with van der Waals surface area (Å²) in [6.45, 7) is 0.410. The molecule has 1 aromatic carbocycles. The second-order valence-corrected chi connectivity index (χ2v) is 4.57. The van der Waals surface area contributed by atoms with Crippen molar-refractivity contribution in [2.24, 2.45) is 0 Å². The van der Waals surface area contributed by atoms with Crippen LogP contribution in [0.3, 0.4) is 0 Å². The molecular weight excluding hydrogens is 266 g/mol. The lowest BCUT2D eigenvalue weighted by molar-refractivity contribution is 0.0783. The summed E-state index contributed by atoms with van der Waals surface area (Å²) in [5.74, 6) is 0.590. The summed E-state index contributed by atoms with van der Waals surface area (Å²) in [6.07, 6.45) is 2.90. The number of ether oxygens (including phenoxy) is 1. The van der Waals surface area contributed by atoms with Crippen molar-refractivity contribution in [2.45, 2.75) is 6.54 Å². The highest BCUT2D eigenvalue weighted by molar-refractivity contribution is 6.30. The Balaban J connectivity index is 2.17. The van der Waals surface area contributed by atoms with E-state index in [-0.39, 0.29) is 5.91 Å². The third-order valence-corrected chi connectivity index (χ3v) is 3.00. The smallest absolute Gasteiger partial charge is 0.257 e. The van der Waals surface area contributed by atoms with Crippen molar-refractivity contribution in [3.05, 3.63) is 52.9 Å². The van der Waals surface area contributed by atoms with E-state index in [1.807, 2.05) is 0 Å². The zero-order valence-electron chi connectivity index (χ0n) is 10.7. The molecule has 0 fully saturated rings. The van der Waals surface area contributed by atoms with Gasteiger partial charge in [0.05, 0.1) is 18.9 Å². The average molecular weight is 280 g/mol. The second-order valence-electron chi connectivity index (χ2n) is 4.13. The third kappa shape index (κ3) is 3.09. The normalized spacial score (nSPS) is 10.3. The van der Waals surface area contributed by atoms with Crippen LogP contribution < -0.4 is 4.74 Å². The second kappa shape index (κ2) is 5.80. The van der Waals surface area contributed by atoms with E-state index in [1.54, 1.807) is 43.3 Å². The Morgan fingerprint density at radius 2 is 2.21 bits per heavy atom. The van der Waals surface area contributed by atoms with E-state index in [0.29, 0.717) is 22.9 Å². The standard InChI is InChI=1S/C14H14ClNO3/c1-16(14(17)10-5-6-19-9-10)8-11-7-12(15)3-4-13(11)18-2/h3-7,9H,8H2,1-2H3. The van der Waals surface area contributed by atoms with Gasteiger partial charge in [-0.2, -0.15) is 0 Å². The van der Waals surface area contributed by atoms with Gasteiger partial charge in [0.15, 0.2) is 0 Å². The maximum atomic E-state index is 12.1. The number of rotatable bonds is 4. The number of benzene rings is 1. The average Bonchev–Trinajstić information content (AvgIpc) is 2.92. The van der Waals surface area contributed by atoms with E-state index in [4.69, 9.17) is 20.8 Å². The van der Waals surface area contributed by atoms with Crippen molar-refractivity contribution in [1.29, 1.82) is 0 Å². The summed E-state index contributed by atoms with van der Waals surface area (Å²) in [5, 5.41) is 0.611. The molecule has 0 spiro atoms. The molecule has 0 saturated heterocycles. The highest BCUT2D eigenvalue weighted by Crippen LogP contribution is 2.24. The zero-order valence-corrected chi connectivity index (χ0v) is 11.5. The van der Waals surface area contributed by atoms with Crippen LogP contribution >= 0.6 is 11.6 Å². The molecule has 100 valence electrons. The summed E-state index contributed by atoms with van der Waals surface area (Å²) in [6, 6.07) is 6.96. The van der Waals surface area contributed by atoms with Gasteiger partial charge in [0.25, 0.3) is 5.91 Å². The van der Waals surface area contributed by atoms with Crippen molar-refractivity contribution >= 4 is 17.5 Å². The first-order valence-electron chi connectivity index (χ1n) is 5.72. The molecule has 5 heteroatoms. The summed E-state index contributed by atoms with van der Waals surface area (Å²) < 4.78 is 10.2. The van der Waals surface area contributed by atoms with Gasteiger partial charge in [-0.15, -0.1) is 0 Å². The topological polar surface area (TPSA) is 42.7 Å². The number of amides is 1. The van der Waals surface area contributed by atoms with E-state index in [0.717, 1.165) is 5.56 Å². The lowest BCUT2D eigenvalue weighted by atomic mass is 10.2. The van der Waals surface area contributed by atoms with Crippen molar-refractivity contribution < 1.29 is 13.9 Å². The highest BCUT2D eigenvalue weighted by Gasteiger charge is 2.15. The Morgan fingerprint density at radius 3 is 2.84 bits per heavy atom. The third-order valence-electron chi connectivity index (χ3n) is 2.76. The number of furan rings is 1. The first-order chi connectivity index (χ1) is 9.11. The Kier molecular flexibility index (Phi) is 4.12. The fourth-order valence-electron chi connectivity index (χ4n) is 1.80. The largest absolute Gasteiger partial charge is 0.496 e. The zero-order chi connectivity index (χ0) is 13.8. The predicted octanol–water partition coefficient (Wildman–Crippen LogP) is 3.21. The highest BCUT2D eigenvalue weighted by atomic mass is 35.5. The van der Waals surface area contributed by atoms with Crippen LogP contribution in [0.2, 0.25) is 5.02 Å². The first-order valence-corrected chi connectivity index (χ1v) is 6.09. The fraction of sp³-hybridized carbons (Fsp3) is 0.214. The maximum absolute atomic E-state index is 12.1. The molecule has 0 atom stereocenters. The van der Waals surface area contributed by atoms with E-state index in [9.17, 15) is 4.79 Å². The lowest BCUT2D eigenvalue weighted by Crippen LogP contribution is -2.26. The van der Waals surface area contributed by atoms with Crippen molar-refractivity contribution in [3.8, 4) is 5.75 Å². The molecular formula is C14H14ClNO3.